The Bertz CT molecular complexity index is 735. The van der Waals surface area contributed by atoms with Crippen molar-refractivity contribution in [2.45, 2.75) is 19.3 Å². The zero-order valence-corrected chi connectivity index (χ0v) is 14.8. The maximum Gasteiger partial charge on any atom is 0.225 e. The monoisotopic (exact) mass is 366 g/mol. The summed E-state index contributed by atoms with van der Waals surface area (Å²) in [6.45, 7) is 1.44. The van der Waals surface area contributed by atoms with Crippen molar-refractivity contribution in [3.8, 4) is 0 Å². The van der Waals surface area contributed by atoms with E-state index in [2.05, 4.69) is 5.32 Å². The van der Waals surface area contributed by atoms with E-state index in [4.69, 9.17) is 4.74 Å². The molecule has 1 aliphatic heterocycles. The normalized spacial score (nSPS) is 18.7. The average molecular weight is 366 g/mol. The number of amides is 1. The van der Waals surface area contributed by atoms with Crippen LogP contribution in [0.5, 0.6) is 0 Å². The number of carbonyl (C=O) groups excluding carboxylic acids is 2. The van der Waals surface area contributed by atoms with Gasteiger partial charge in [0, 0.05) is 36.7 Å². The molecule has 0 spiro atoms. The summed E-state index contributed by atoms with van der Waals surface area (Å²) in [4.78, 5) is 23.9. The van der Waals surface area contributed by atoms with Crippen LogP contribution in [0.15, 0.2) is 24.3 Å². The van der Waals surface area contributed by atoms with Crippen molar-refractivity contribution in [3.63, 3.8) is 0 Å². The number of nitrogens with zero attached hydrogens (tertiary/aromatic N) is 1. The average Bonchev–Trinajstić information content (AvgIpc) is 3.46. The number of ketones is 1. The highest BCUT2D eigenvalue weighted by Gasteiger charge is 2.30. The highest BCUT2D eigenvalue weighted by atomic mass is 32.2. The largest absolute Gasteiger partial charge is 0.379 e. The molecule has 0 bridgehead atoms. The van der Waals surface area contributed by atoms with Crippen LogP contribution in [0.2, 0.25) is 0 Å². The van der Waals surface area contributed by atoms with E-state index in [1.165, 1.54) is 4.31 Å². The summed E-state index contributed by atoms with van der Waals surface area (Å²) in [5.41, 5.74) is 1.21. The maximum absolute atomic E-state index is 12.2. The summed E-state index contributed by atoms with van der Waals surface area (Å²) < 4.78 is 30.9. The summed E-state index contributed by atoms with van der Waals surface area (Å²) in [6.07, 6.45) is 1.80. The quantitative estimate of drug-likeness (QED) is 0.734. The predicted molar refractivity (Wildman–Crippen MR) is 92.9 cm³/mol. The number of Topliss-reactive ketones (excluding diaryl/α,β-unsaturated/α-hetero) is 1. The number of sulfonamides is 1. The second-order valence-corrected chi connectivity index (χ2v) is 8.43. The van der Waals surface area contributed by atoms with Crippen LogP contribution in [-0.2, 0) is 19.6 Å². The van der Waals surface area contributed by atoms with Crippen LogP contribution in [0.1, 0.15) is 29.6 Å². The molecule has 1 amide bonds. The number of benzene rings is 1. The Labute approximate surface area is 147 Å². The highest BCUT2D eigenvalue weighted by Crippen LogP contribution is 2.32. The maximum atomic E-state index is 12.2. The molecule has 25 heavy (non-hydrogen) atoms. The standard InChI is InChI=1S/C17H22N2O5S/c20-16(7-12-25(22,23)19-8-10-24-11-9-19)18-15-5-3-14(4-6-15)17(21)13-1-2-13/h3-6,13H,1-2,7-12H2,(H,18,20). The second-order valence-electron chi connectivity index (χ2n) is 6.34. The van der Waals surface area contributed by atoms with Gasteiger partial charge in [-0.3, -0.25) is 9.59 Å². The lowest BCUT2D eigenvalue weighted by Gasteiger charge is -2.25. The summed E-state index contributed by atoms with van der Waals surface area (Å²) in [7, 11) is -3.44. The summed E-state index contributed by atoms with van der Waals surface area (Å²) in [5, 5.41) is 2.67. The third-order valence-electron chi connectivity index (χ3n) is 4.35. The minimum absolute atomic E-state index is 0.109. The van der Waals surface area contributed by atoms with Crippen molar-refractivity contribution >= 4 is 27.4 Å². The molecule has 7 nitrogen and oxygen atoms in total. The molecule has 1 heterocycles. The molecule has 8 heteroatoms. The number of morpholine rings is 1. The van der Waals surface area contributed by atoms with Crippen molar-refractivity contribution in [2.24, 2.45) is 5.92 Å². The molecule has 2 aliphatic rings. The van der Waals surface area contributed by atoms with Crippen LogP contribution in [0.4, 0.5) is 5.69 Å². The molecular weight excluding hydrogens is 344 g/mol. The molecule has 0 aromatic heterocycles. The Morgan fingerprint density at radius 3 is 2.36 bits per heavy atom. The van der Waals surface area contributed by atoms with Gasteiger partial charge in [0.2, 0.25) is 15.9 Å². The molecule has 136 valence electrons. The number of ether oxygens (including phenoxy) is 1. The fourth-order valence-electron chi connectivity index (χ4n) is 2.70. The van der Waals surface area contributed by atoms with Gasteiger partial charge in [-0.2, -0.15) is 4.31 Å². The van der Waals surface area contributed by atoms with E-state index >= 15 is 0 Å². The topological polar surface area (TPSA) is 92.8 Å². The lowest BCUT2D eigenvalue weighted by Crippen LogP contribution is -2.42. The number of hydrogen-bond acceptors (Lipinski definition) is 5. The number of anilines is 1. The number of rotatable bonds is 7. The predicted octanol–water partition coefficient (Wildman–Crippen LogP) is 1.27. The molecular formula is C17H22N2O5S. The minimum atomic E-state index is -3.44. The number of hydrogen-bond donors (Lipinski definition) is 1. The van der Waals surface area contributed by atoms with Crippen molar-refractivity contribution in [2.75, 3.05) is 37.4 Å². The summed E-state index contributed by atoms with van der Waals surface area (Å²) in [5.74, 6) is -0.282. The number of nitrogens with one attached hydrogen (secondary N) is 1. The van der Waals surface area contributed by atoms with Gasteiger partial charge in [0.15, 0.2) is 5.78 Å². The van der Waals surface area contributed by atoms with Gasteiger partial charge in [-0.05, 0) is 37.1 Å². The molecule has 2 fully saturated rings. The van der Waals surface area contributed by atoms with Crippen molar-refractivity contribution in [1.82, 2.24) is 4.31 Å². The lowest BCUT2D eigenvalue weighted by atomic mass is 10.1. The van der Waals surface area contributed by atoms with Gasteiger partial charge >= 0.3 is 0 Å². The van der Waals surface area contributed by atoms with E-state index in [1.54, 1.807) is 24.3 Å². The fraction of sp³-hybridized carbons (Fsp3) is 0.529. The van der Waals surface area contributed by atoms with Crippen LogP contribution >= 0.6 is 0 Å². The van der Waals surface area contributed by atoms with Gasteiger partial charge in [-0.1, -0.05) is 0 Å². The van der Waals surface area contributed by atoms with Crippen molar-refractivity contribution in [1.29, 1.82) is 0 Å². The molecule has 1 aliphatic carbocycles. The zero-order valence-electron chi connectivity index (χ0n) is 13.9. The molecule has 0 atom stereocenters. The lowest BCUT2D eigenvalue weighted by molar-refractivity contribution is -0.115. The van der Waals surface area contributed by atoms with Gasteiger partial charge in [-0.25, -0.2) is 8.42 Å². The first kappa shape index (κ1) is 18.0. The Balaban J connectivity index is 1.49. The zero-order chi connectivity index (χ0) is 17.9. The summed E-state index contributed by atoms with van der Waals surface area (Å²) >= 11 is 0. The van der Waals surface area contributed by atoms with Gasteiger partial charge in [0.25, 0.3) is 0 Å². The van der Waals surface area contributed by atoms with Crippen LogP contribution in [0.3, 0.4) is 0 Å². The van der Waals surface area contributed by atoms with Crippen molar-refractivity contribution in [3.05, 3.63) is 29.8 Å². The second kappa shape index (κ2) is 7.63. The summed E-state index contributed by atoms with van der Waals surface area (Å²) in [6, 6.07) is 6.73. The first-order valence-electron chi connectivity index (χ1n) is 8.45. The van der Waals surface area contributed by atoms with Gasteiger partial charge < -0.3 is 10.1 Å². The van der Waals surface area contributed by atoms with E-state index in [9.17, 15) is 18.0 Å². The smallest absolute Gasteiger partial charge is 0.225 e. The Morgan fingerprint density at radius 2 is 1.76 bits per heavy atom. The van der Waals surface area contributed by atoms with E-state index in [-0.39, 0.29) is 29.8 Å². The van der Waals surface area contributed by atoms with Crippen molar-refractivity contribution < 1.29 is 22.7 Å². The molecule has 1 saturated carbocycles. The fourth-order valence-corrected chi connectivity index (χ4v) is 4.11. The SMILES string of the molecule is O=C(CCS(=O)(=O)N1CCOCC1)Nc1ccc(C(=O)C2CC2)cc1. The molecule has 0 unspecified atom stereocenters. The molecule has 1 aromatic carbocycles. The minimum Gasteiger partial charge on any atom is -0.379 e. The third-order valence-corrected chi connectivity index (χ3v) is 6.22. The van der Waals surface area contributed by atoms with Crippen LogP contribution in [0, 0.1) is 5.92 Å². The highest BCUT2D eigenvalue weighted by molar-refractivity contribution is 7.89. The molecule has 1 N–H and O–H groups in total. The van der Waals surface area contributed by atoms with E-state index < -0.39 is 10.0 Å². The van der Waals surface area contributed by atoms with E-state index in [0.717, 1.165) is 12.8 Å². The van der Waals surface area contributed by atoms with Gasteiger partial charge in [0.05, 0.1) is 19.0 Å². The van der Waals surface area contributed by atoms with Gasteiger partial charge in [0.1, 0.15) is 0 Å². The van der Waals surface area contributed by atoms with E-state index in [0.29, 0.717) is 37.6 Å². The number of carbonyl (C=O) groups is 2. The Morgan fingerprint density at radius 1 is 1.12 bits per heavy atom. The first-order valence-corrected chi connectivity index (χ1v) is 10.1. The van der Waals surface area contributed by atoms with Crippen LogP contribution in [0.25, 0.3) is 0 Å². The van der Waals surface area contributed by atoms with E-state index in [1.807, 2.05) is 0 Å². The molecule has 0 radical (unpaired) electrons. The van der Waals surface area contributed by atoms with Gasteiger partial charge in [-0.15, -0.1) is 0 Å². The molecule has 1 aromatic rings. The molecule has 3 rings (SSSR count). The van der Waals surface area contributed by atoms with Crippen LogP contribution < -0.4 is 5.32 Å². The first-order chi connectivity index (χ1) is 12.0. The van der Waals surface area contributed by atoms with Crippen LogP contribution in [-0.4, -0.2) is 56.5 Å². The molecule has 1 saturated heterocycles. The Kier molecular flexibility index (Phi) is 5.51. The third kappa shape index (κ3) is 4.87. The Hall–Kier alpha value is -1.77.